The number of carbonyl (C=O) groups excluding carboxylic acids is 2. The van der Waals surface area contributed by atoms with Crippen molar-refractivity contribution in [2.24, 2.45) is 13.0 Å². The van der Waals surface area contributed by atoms with Crippen LogP contribution in [-0.4, -0.2) is 33.7 Å². The smallest absolute Gasteiger partial charge is 0.273 e. The Balaban J connectivity index is 1.78. The van der Waals surface area contributed by atoms with Gasteiger partial charge in [0.2, 0.25) is 5.91 Å². The van der Waals surface area contributed by atoms with Crippen LogP contribution in [0.15, 0.2) is 30.3 Å². The van der Waals surface area contributed by atoms with E-state index in [0.717, 1.165) is 17.7 Å². The van der Waals surface area contributed by atoms with Gasteiger partial charge in [-0.3, -0.25) is 14.3 Å². The zero-order valence-electron chi connectivity index (χ0n) is 20.2. The molecule has 1 aliphatic rings. The third-order valence-corrected chi connectivity index (χ3v) is 5.90. The minimum atomic E-state index is -0.201. The monoisotopic (exact) mass is 440 g/mol. The Hall–Kier alpha value is -2.67. The Morgan fingerprint density at radius 2 is 1.91 bits per heavy atom. The van der Waals surface area contributed by atoms with Crippen molar-refractivity contribution in [1.29, 1.82) is 0 Å². The van der Waals surface area contributed by atoms with Crippen LogP contribution < -0.4 is 10.6 Å². The highest BCUT2D eigenvalue weighted by atomic mass is 16.5. The quantitative estimate of drug-likeness (QED) is 0.724. The van der Waals surface area contributed by atoms with Gasteiger partial charge in [0.15, 0.2) is 0 Å². The van der Waals surface area contributed by atoms with Crippen molar-refractivity contribution < 1.29 is 14.3 Å². The second-order valence-electron chi connectivity index (χ2n) is 10.1. The summed E-state index contributed by atoms with van der Waals surface area (Å²) in [6, 6.07) is 9.67. The molecule has 2 N–H and O–H groups in total. The summed E-state index contributed by atoms with van der Waals surface area (Å²) in [4.78, 5) is 24.6. The van der Waals surface area contributed by atoms with Gasteiger partial charge >= 0.3 is 0 Å². The van der Waals surface area contributed by atoms with E-state index in [-0.39, 0.29) is 35.5 Å². The third kappa shape index (κ3) is 5.76. The molecule has 0 saturated carbocycles. The van der Waals surface area contributed by atoms with Crippen LogP contribution in [0.5, 0.6) is 0 Å². The van der Waals surface area contributed by atoms with Gasteiger partial charge in [0, 0.05) is 31.1 Å². The molecule has 1 aromatic carbocycles. The van der Waals surface area contributed by atoms with Crippen LogP contribution in [-0.2, 0) is 22.0 Å². The normalized spacial score (nSPS) is 21.4. The van der Waals surface area contributed by atoms with Crippen LogP contribution >= 0.6 is 0 Å². The summed E-state index contributed by atoms with van der Waals surface area (Å²) in [7, 11) is 1.78. The molecule has 7 nitrogen and oxygen atoms in total. The number of amides is 2. The maximum absolute atomic E-state index is 12.9. The van der Waals surface area contributed by atoms with Gasteiger partial charge in [-0.1, -0.05) is 46.8 Å². The molecule has 1 aromatic heterocycles. The number of carbonyl (C=O) groups is 2. The Kier molecular flexibility index (Phi) is 7.08. The maximum Gasteiger partial charge on any atom is 0.273 e. The second-order valence-corrected chi connectivity index (χ2v) is 10.1. The topological polar surface area (TPSA) is 85.3 Å². The van der Waals surface area contributed by atoms with Crippen molar-refractivity contribution in [2.75, 3.05) is 5.32 Å². The Morgan fingerprint density at radius 1 is 1.19 bits per heavy atom. The molecule has 2 aromatic rings. The first-order chi connectivity index (χ1) is 14.9. The van der Waals surface area contributed by atoms with Gasteiger partial charge in [0.1, 0.15) is 5.69 Å². The number of nitrogens with one attached hydrogen (secondary N) is 2. The number of hydrogen-bond donors (Lipinski definition) is 2. The highest BCUT2D eigenvalue weighted by Crippen LogP contribution is 2.35. The molecule has 0 bridgehead atoms. The Labute approximate surface area is 190 Å². The lowest BCUT2D eigenvalue weighted by atomic mass is 9.89. The molecule has 2 heterocycles. The summed E-state index contributed by atoms with van der Waals surface area (Å²) in [5.41, 5.74) is 2.95. The van der Waals surface area contributed by atoms with E-state index in [1.54, 1.807) is 18.7 Å². The summed E-state index contributed by atoms with van der Waals surface area (Å²) in [5.74, 6) is 0.122. The van der Waals surface area contributed by atoms with E-state index in [2.05, 4.69) is 50.4 Å². The molecule has 1 saturated heterocycles. The highest BCUT2D eigenvalue weighted by molar-refractivity contribution is 6.03. The molecule has 3 rings (SSSR count). The molecule has 7 heteroatoms. The first-order valence-electron chi connectivity index (χ1n) is 11.3. The summed E-state index contributed by atoms with van der Waals surface area (Å²) in [5, 5.41) is 10.5. The SMILES string of the molecule is CC(=O)N[C@H]1C[C@@H](c2cccc(NC(=O)c3cc(C(C)(C)C)nn3C)c2)O[C@@H](C(C)C)C1. The molecule has 32 heavy (non-hydrogen) atoms. The predicted molar refractivity (Wildman–Crippen MR) is 126 cm³/mol. The Morgan fingerprint density at radius 3 is 2.50 bits per heavy atom. The van der Waals surface area contributed by atoms with Gasteiger partial charge in [0.25, 0.3) is 5.91 Å². The lowest BCUT2D eigenvalue weighted by Crippen LogP contribution is -2.43. The van der Waals surface area contributed by atoms with Crippen molar-refractivity contribution in [2.45, 2.75) is 78.0 Å². The number of anilines is 1. The molecule has 1 fully saturated rings. The second kappa shape index (κ2) is 9.45. The number of aryl methyl sites for hydroxylation is 1. The van der Waals surface area contributed by atoms with Crippen LogP contribution in [0.25, 0.3) is 0 Å². The van der Waals surface area contributed by atoms with Crippen molar-refractivity contribution in [1.82, 2.24) is 15.1 Å². The molecule has 0 spiro atoms. The fourth-order valence-corrected chi connectivity index (χ4v) is 4.06. The minimum absolute atomic E-state index is 0.0232. The first-order valence-corrected chi connectivity index (χ1v) is 11.3. The van der Waals surface area contributed by atoms with Crippen LogP contribution in [0, 0.1) is 5.92 Å². The summed E-state index contributed by atoms with van der Waals surface area (Å²) >= 11 is 0. The molecule has 1 aliphatic heterocycles. The molecule has 0 radical (unpaired) electrons. The van der Waals surface area contributed by atoms with E-state index >= 15 is 0 Å². The maximum atomic E-state index is 12.9. The van der Waals surface area contributed by atoms with Gasteiger partial charge in [-0.15, -0.1) is 0 Å². The number of nitrogens with zero attached hydrogens (tertiary/aromatic N) is 2. The average molecular weight is 441 g/mol. The van der Waals surface area contributed by atoms with Crippen LogP contribution in [0.2, 0.25) is 0 Å². The number of ether oxygens (including phenoxy) is 1. The van der Waals surface area contributed by atoms with Crippen LogP contribution in [0.3, 0.4) is 0 Å². The van der Waals surface area contributed by atoms with Crippen LogP contribution in [0.4, 0.5) is 5.69 Å². The standard InChI is InChI=1S/C25H36N4O3/c1-15(2)21-12-19(26-16(3)30)13-22(32-21)17-9-8-10-18(11-17)27-24(31)20-14-23(25(4,5)6)28-29(20)7/h8-11,14-15,19,21-22H,12-13H2,1-7H3,(H,26,30)(H,27,31)/t19-,21-,22+/m1/s1. The minimum Gasteiger partial charge on any atom is -0.370 e. The van der Waals surface area contributed by atoms with Gasteiger partial charge < -0.3 is 15.4 Å². The van der Waals surface area contributed by atoms with Crippen molar-refractivity contribution in [3.05, 3.63) is 47.3 Å². The van der Waals surface area contributed by atoms with Crippen LogP contribution in [0.1, 0.15) is 82.2 Å². The number of benzene rings is 1. The van der Waals surface area contributed by atoms with E-state index in [4.69, 9.17) is 4.74 Å². The van der Waals surface area contributed by atoms with Gasteiger partial charge in [-0.05, 0) is 42.5 Å². The Bertz CT molecular complexity index is 974. The zero-order valence-corrected chi connectivity index (χ0v) is 20.2. The van der Waals surface area contributed by atoms with E-state index in [0.29, 0.717) is 23.7 Å². The van der Waals surface area contributed by atoms with E-state index in [9.17, 15) is 9.59 Å². The fraction of sp³-hybridized carbons (Fsp3) is 0.560. The predicted octanol–water partition coefficient (Wildman–Crippen LogP) is 4.35. The lowest BCUT2D eigenvalue weighted by molar-refractivity contribution is -0.123. The number of rotatable bonds is 5. The highest BCUT2D eigenvalue weighted by Gasteiger charge is 2.32. The summed E-state index contributed by atoms with van der Waals surface area (Å²) in [6.07, 6.45) is 1.43. The number of hydrogen-bond acceptors (Lipinski definition) is 4. The van der Waals surface area contributed by atoms with E-state index < -0.39 is 0 Å². The van der Waals surface area contributed by atoms with Gasteiger partial charge in [0.05, 0.1) is 17.9 Å². The first kappa shape index (κ1) is 24.0. The third-order valence-electron chi connectivity index (χ3n) is 5.90. The molecular weight excluding hydrogens is 404 g/mol. The lowest BCUT2D eigenvalue weighted by Gasteiger charge is -2.38. The zero-order chi connectivity index (χ0) is 23.6. The molecule has 3 atom stereocenters. The van der Waals surface area contributed by atoms with Crippen molar-refractivity contribution in [3.8, 4) is 0 Å². The van der Waals surface area contributed by atoms with Crippen molar-refractivity contribution >= 4 is 17.5 Å². The van der Waals surface area contributed by atoms with E-state index in [1.165, 1.54) is 0 Å². The molecule has 0 aliphatic carbocycles. The average Bonchev–Trinajstić information content (AvgIpc) is 3.09. The van der Waals surface area contributed by atoms with Gasteiger partial charge in [-0.25, -0.2) is 0 Å². The number of aromatic nitrogens is 2. The van der Waals surface area contributed by atoms with E-state index in [1.807, 2.05) is 30.3 Å². The summed E-state index contributed by atoms with van der Waals surface area (Å²) < 4.78 is 7.99. The van der Waals surface area contributed by atoms with Crippen molar-refractivity contribution in [3.63, 3.8) is 0 Å². The largest absolute Gasteiger partial charge is 0.370 e. The molecule has 174 valence electrons. The molecular formula is C25H36N4O3. The molecule has 0 unspecified atom stereocenters. The fourth-order valence-electron chi connectivity index (χ4n) is 4.06. The molecule has 2 amide bonds. The van der Waals surface area contributed by atoms with Gasteiger partial charge in [-0.2, -0.15) is 5.10 Å². The summed E-state index contributed by atoms with van der Waals surface area (Å²) in [6.45, 7) is 12.0.